The molecule has 0 saturated heterocycles. The van der Waals surface area contributed by atoms with Crippen molar-refractivity contribution in [3.8, 4) is 6.07 Å². The van der Waals surface area contributed by atoms with E-state index in [0.717, 1.165) is 37.1 Å². The van der Waals surface area contributed by atoms with E-state index in [2.05, 4.69) is 16.3 Å². The molecule has 0 aliphatic heterocycles. The van der Waals surface area contributed by atoms with Gasteiger partial charge in [-0.15, -0.1) is 5.10 Å². The first-order valence-corrected chi connectivity index (χ1v) is 6.39. The molecule has 18 heavy (non-hydrogen) atoms. The van der Waals surface area contributed by atoms with Gasteiger partial charge in [-0.3, -0.25) is 0 Å². The van der Waals surface area contributed by atoms with E-state index in [4.69, 9.17) is 5.73 Å². The zero-order valence-electron chi connectivity index (χ0n) is 11.4. The lowest BCUT2D eigenvalue weighted by Crippen LogP contribution is -2.24. The standard InChI is InChI=1S/C13H21N5/c1-4-10-11(9-15)13(17-16-12(10)5-2)18(3)8-6-7-14/h4-8,14H2,1-3H3. The van der Waals surface area contributed by atoms with Gasteiger partial charge in [0.05, 0.1) is 5.69 Å². The highest BCUT2D eigenvalue weighted by atomic mass is 15.2. The molecule has 2 N–H and O–H groups in total. The molecule has 1 heterocycles. The Hall–Kier alpha value is -1.67. The van der Waals surface area contributed by atoms with Crippen LogP contribution in [0, 0.1) is 11.3 Å². The highest BCUT2D eigenvalue weighted by Gasteiger charge is 2.16. The van der Waals surface area contributed by atoms with Crippen molar-refractivity contribution in [2.75, 3.05) is 25.0 Å². The Labute approximate surface area is 109 Å². The van der Waals surface area contributed by atoms with Gasteiger partial charge in [0.15, 0.2) is 5.82 Å². The van der Waals surface area contributed by atoms with Crippen molar-refractivity contribution in [1.82, 2.24) is 10.2 Å². The summed E-state index contributed by atoms with van der Waals surface area (Å²) >= 11 is 0. The summed E-state index contributed by atoms with van der Waals surface area (Å²) in [6, 6.07) is 2.27. The fourth-order valence-electron chi connectivity index (χ4n) is 1.98. The van der Waals surface area contributed by atoms with Crippen LogP contribution in [0.5, 0.6) is 0 Å². The Morgan fingerprint density at radius 3 is 2.50 bits per heavy atom. The van der Waals surface area contributed by atoms with E-state index in [0.29, 0.717) is 17.9 Å². The van der Waals surface area contributed by atoms with Gasteiger partial charge in [-0.25, -0.2) is 0 Å². The number of hydrogen-bond donors (Lipinski definition) is 1. The highest BCUT2D eigenvalue weighted by molar-refractivity contribution is 5.57. The third kappa shape index (κ3) is 2.96. The Bertz CT molecular complexity index is 436. The highest BCUT2D eigenvalue weighted by Crippen LogP contribution is 2.22. The van der Waals surface area contributed by atoms with Crippen LogP contribution in [0.25, 0.3) is 0 Å². The van der Waals surface area contributed by atoms with Gasteiger partial charge in [0.1, 0.15) is 11.6 Å². The number of hydrogen-bond acceptors (Lipinski definition) is 5. The second-order valence-electron chi connectivity index (χ2n) is 4.21. The van der Waals surface area contributed by atoms with Crippen LogP contribution in [0.1, 0.15) is 37.1 Å². The van der Waals surface area contributed by atoms with E-state index < -0.39 is 0 Å². The average molecular weight is 247 g/mol. The van der Waals surface area contributed by atoms with E-state index in [9.17, 15) is 5.26 Å². The zero-order valence-corrected chi connectivity index (χ0v) is 11.4. The zero-order chi connectivity index (χ0) is 13.5. The first-order chi connectivity index (χ1) is 8.69. The minimum Gasteiger partial charge on any atom is -0.357 e. The van der Waals surface area contributed by atoms with Crippen molar-refractivity contribution < 1.29 is 0 Å². The number of rotatable bonds is 6. The Balaban J connectivity index is 3.17. The minimum absolute atomic E-state index is 0.632. The molecule has 98 valence electrons. The van der Waals surface area contributed by atoms with Gasteiger partial charge >= 0.3 is 0 Å². The number of nitrogens with zero attached hydrogens (tertiary/aromatic N) is 4. The lowest BCUT2D eigenvalue weighted by Gasteiger charge is -2.20. The fraction of sp³-hybridized carbons (Fsp3) is 0.615. The SMILES string of the molecule is CCc1nnc(N(C)CCCN)c(C#N)c1CC. The van der Waals surface area contributed by atoms with E-state index in [1.807, 2.05) is 25.8 Å². The summed E-state index contributed by atoms with van der Waals surface area (Å²) in [5, 5.41) is 17.8. The molecule has 0 spiro atoms. The van der Waals surface area contributed by atoms with Gasteiger partial charge in [-0.1, -0.05) is 13.8 Å². The third-order valence-electron chi connectivity index (χ3n) is 3.00. The largest absolute Gasteiger partial charge is 0.357 e. The summed E-state index contributed by atoms with van der Waals surface area (Å²) in [4.78, 5) is 1.96. The smallest absolute Gasteiger partial charge is 0.169 e. The molecule has 0 aliphatic rings. The molecule has 0 bridgehead atoms. The molecule has 1 aromatic heterocycles. The van der Waals surface area contributed by atoms with Crippen molar-refractivity contribution in [2.45, 2.75) is 33.1 Å². The summed E-state index contributed by atoms with van der Waals surface area (Å²) in [5.41, 5.74) is 8.10. The summed E-state index contributed by atoms with van der Waals surface area (Å²) in [5.74, 6) is 0.667. The van der Waals surface area contributed by atoms with E-state index in [1.54, 1.807) is 0 Å². The van der Waals surface area contributed by atoms with Crippen molar-refractivity contribution in [2.24, 2.45) is 5.73 Å². The van der Waals surface area contributed by atoms with Crippen molar-refractivity contribution in [1.29, 1.82) is 5.26 Å². The van der Waals surface area contributed by atoms with Crippen molar-refractivity contribution >= 4 is 5.82 Å². The molecule has 0 aliphatic carbocycles. The van der Waals surface area contributed by atoms with E-state index in [1.165, 1.54) is 0 Å². The van der Waals surface area contributed by atoms with Gasteiger partial charge in [-0.05, 0) is 31.4 Å². The predicted molar refractivity (Wildman–Crippen MR) is 72.4 cm³/mol. The molecule has 0 saturated carbocycles. The monoisotopic (exact) mass is 247 g/mol. The van der Waals surface area contributed by atoms with Crippen LogP contribution in [0.4, 0.5) is 5.82 Å². The summed E-state index contributed by atoms with van der Waals surface area (Å²) in [6.45, 7) is 5.49. The summed E-state index contributed by atoms with van der Waals surface area (Å²) in [7, 11) is 1.92. The fourth-order valence-corrected chi connectivity index (χ4v) is 1.98. The molecule has 0 unspecified atom stereocenters. The number of nitriles is 1. The summed E-state index contributed by atoms with van der Waals surface area (Å²) < 4.78 is 0. The van der Waals surface area contributed by atoms with Crippen LogP contribution in [0.2, 0.25) is 0 Å². The summed E-state index contributed by atoms with van der Waals surface area (Å²) in [6.07, 6.45) is 2.48. The molecule has 0 radical (unpaired) electrons. The Morgan fingerprint density at radius 1 is 1.28 bits per heavy atom. The molecular weight excluding hydrogens is 226 g/mol. The number of aromatic nitrogens is 2. The number of aryl methyl sites for hydroxylation is 1. The maximum Gasteiger partial charge on any atom is 0.169 e. The van der Waals surface area contributed by atoms with Crippen LogP contribution >= 0.6 is 0 Å². The average Bonchev–Trinajstić information content (AvgIpc) is 2.42. The number of anilines is 1. The first-order valence-electron chi connectivity index (χ1n) is 6.39. The van der Waals surface area contributed by atoms with Gasteiger partial charge in [-0.2, -0.15) is 10.4 Å². The molecule has 0 atom stereocenters. The van der Waals surface area contributed by atoms with Crippen molar-refractivity contribution in [3.63, 3.8) is 0 Å². The van der Waals surface area contributed by atoms with E-state index >= 15 is 0 Å². The maximum atomic E-state index is 9.36. The lowest BCUT2D eigenvalue weighted by atomic mass is 10.0. The van der Waals surface area contributed by atoms with Crippen LogP contribution < -0.4 is 10.6 Å². The Morgan fingerprint density at radius 2 is 2.00 bits per heavy atom. The van der Waals surface area contributed by atoms with Gasteiger partial charge in [0.2, 0.25) is 0 Å². The molecule has 1 aromatic rings. The second kappa shape index (κ2) is 6.92. The van der Waals surface area contributed by atoms with Crippen molar-refractivity contribution in [3.05, 3.63) is 16.8 Å². The molecule has 0 amide bonds. The molecule has 0 aromatic carbocycles. The maximum absolute atomic E-state index is 9.36. The van der Waals surface area contributed by atoms with Crippen LogP contribution in [0.15, 0.2) is 0 Å². The molecular formula is C13H21N5. The molecule has 0 fully saturated rings. The van der Waals surface area contributed by atoms with Crippen LogP contribution in [-0.4, -0.2) is 30.3 Å². The third-order valence-corrected chi connectivity index (χ3v) is 3.00. The number of nitrogens with two attached hydrogens (primary N) is 1. The second-order valence-corrected chi connectivity index (χ2v) is 4.21. The normalized spacial score (nSPS) is 10.2. The van der Waals surface area contributed by atoms with Gasteiger partial charge < -0.3 is 10.6 Å². The molecule has 5 heteroatoms. The predicted octanol–water partition coefficient (Wildman–Crippen LogP) is 1.26. The van der Waals surface area contributed by atoms with Crippen LogP contribution in [0.3, 0.4) is 0 Å². The van der Waals surface area contributed by atoms with Gasteiger partial charge in [0, 0.05) is 13.6 Å². The quantitative estimate of drug-likeness (QED) is 0.818. The Kier molecular flexibility index (Phi) is 5.53. The lowest BCUT2D eigenvalue weighted by molar-refractivity contribution is 0.765. The molecule has 5 nitrogen and oxygen atoms in total. The topological polar surface area (TPSA) is 78.8 Å². The van der Waals surface area contributed by atoms with E-state index in [-0.39, 0.29) is 0 Å². The first kappa shape index (κ1) is 14.4. The minimum atomic E-state index is 0.632. The molecule has 1 rings (SSSR count). The van der Waals surface area contributed by atoms with Gasteiger partial charge in [0.25, 0.3) is 0 Å². The van der Waals surface area contributed by atoms with Crippen LogP contribution in [-0.2, 0) is 12.8 Å².